The molecule has 0 bridgehead atoms. The third-order valence-corrected chi connectivity index (χ3v) is 4.02. The lowest BCUT2D eigenvalue weighted by Gasteiger charge is -2.12. The Bertz CT molecular complexity index is 813. The lowest BCUT2D eigenvalue weighted by atomic mass is 10.1. The maximum atomic E-state index is 13.1. The van der Waals surface area contributed by atoms with Crippen molar-refractivity contribution in [3.63, 3.8) is 0 Å². The Kier molecular flexibility index (Phi) is 10.4. The van der Waals surface area contributed by atoms with E-state index in [2.05, 4.69) is 25.9 Å². The number of rotatable bonds is 7. The van der Waals surface area contributed by atoms with Crippen LogP contribution in [-0.2, 0) is 11.2 Å². The van der Waals surface area contributed by atoms with Crippen molar-refractivity contribution in [1.82, 2.24) is 15.6 Å². The van der Waals surface area contributed by atoms with Crippen LogP contribution < -0.4 is 16.0 Å². The molecule has 1 heterocycles. The minimum Gasteiger partial charge on any atom is -0.356 e. The Morgan fingerprint density at radius 3 is 2.57 bits per heavy atom. The molecular weight excluding hydrogens is 472 g/mol. The van der Waals surface area contributed by atoms with Crippen LogP contribution in [0.1, 0.15) is 23.2 Å². The van der Waals surface area contributed by atoms with Crippen LogP contribution in [0.2, 0.25) is 0 Å². The van der Waals surface area contributed by atoms with Gasteiger partial charge in [-0.2, -0.15) is 0 Å². The quantitative estimate of drug-likeness (QED) is 0.311. The maximum absolute atomic E-state index is 13.1. The number of nitrogens with one attached hydrogen (secondary N) is 3. The topological polar surface area (TPSA) is 78.4 Å². The summed E-state index contributed by atoms with van der Waals surface area (Å²) in [6.07, 6.45) is 1.06. The predicted molar refractivity (Wildman–Crippen MR) is 122 cm³/mol. The molecule has 0 saturated carbocycles. The number of hydrogen-bond acceptors (Lipinski definition) is 3. The van der Waals surface area contributed by atoms with Crippen LogP contribution in [0.3, 0.4) is 0 Å². The molecule has 0 atom stereocenters. The van der Waals surface area contributed by atoms with Gasteiger partial charge in [0.1, 0.15) is 11.6 Å². The highest BCUT2D eigenvalue weighted by molar-refractivity contribution is 14.0. The molecule has 1 amide bonds. The normalized spacial score (nSPS) is 10.8. The number of nitrogens with zero attached hydrogens (tertiary/aromatic N) is 2. The van der Waals surface area contributed by atoms with Crippen molar-refractivity contribution in [2.45, 2.75) is 26.7 Å². The van der Waals surface area contributed by atoms with E-state index in [1.54, 1.807) is 19.2 Å². The number of benzene rings is 1. The molecule has 1 aromatic carbocycles. The Morgan fingerprint density at radius 2 is 1.89 bits per heavy atom. The van der Waals surface area contributed by atoms with Gasteiger partial charge in [-0.1, -0.05) is 12.1 Å². The lowest BCUT2D eigenvalue weighted by molar-refractivity contribution is -0.116. The number of halogens is 2. The molecule has 0 unspecified atom stereocenters. The number of aromatic nitrogens is 1. The van der Waals surface area contributed by atoms with E-state index in [1.165, 1.54) is 12.1 Å². The fourth-order valence-corrected chi connectivity index (χ4v) is 2.59. The van der Waals surface area contributed by atoms with Crippen LogP contribution in [0.15, 0.2) is 41.4 Å². The van der Waals surface area contributed by atoms with Crippen molar-refractivity contribution in [3.8, 4) is 0 Å². The summed E-state index contributed by atoms with van der Waals surface area (Å²) in [4.78, 5) is 20.4. The Morgan fingerprint density at radius 1 is 1.14 bits per heavy atom. The molecule has 0 spiro atoms. The second-order valence-electron chi connectivity index (χ2n) is 6.21. The summed E-state index contributed by atoms with van der Waals surface area (Å²) in [5, 5.41) is 9.07. The number of carbonyl (C=O) groups excluding carboxylic acids is 1. The largest absolute Gasteiger partial charge is 0.356 e. The molecule has 1 aromatic heterocycles. The average molecular weight is 499 g/mol. The SMILES string of the molecule is CN=C(NCCC(=O)Nc1cccc(C)n1)NCCc1ccc(F)cc1C.I. The average Bonchev–Trinajstić information content (AvgIpc) is 2.62. The second kappa shape index (κ2) is 12.3. The number of hydrogen-bond donors (Lipinski definition) is 3. The van der Waals surface area contributed by atoms with Gasteiger partial charge in [-0.05, 0) is 55.7 Å². The summed E-state index contributed by atoms with van der Waals surface area (Å²) in [6.45, 7) is 4.88. The fraction of sp³-hybridized carbons (Fsp3) is 0.350. The monoisotopic (exact) mass is 499 g/mol. The van der Waals surface area contributed by atoms with Crippen molar-refractivity contribution in [1.29, 1.82) is 0 Å². The van der Waals surface area contributed by atoms with E-state index in [4.69, 9.17) is 0 Å². The first-order valence-electron chi connectivity index (χ1n) is 8.91. The van der Waals surface area contributed by atoms with Gasteiger partial charge < -0.3 is 16.0 Å². The molecule has 6 nitrogen and oxygen atoms in total. The Labute approximate surface area is 182 Å². The van der Waals surface area contributed by atoms with Gasteiger partial charge in [0, 0.05) is 32.3 Å². The van der Waals surface area contributed by atoms with E-state index in [1.807, 2.05) is 26.0 Å². The van der Waals surface area contributed by atoms with Gasteiger partial charge >= 0.3 is 0 Å². The molecule has 28 heavy (non-hydrogen) atoms. The maximum Gasteiger partial charge on any atom is 0.227 e. The summed E-state index contributed by atoms with van der Waals surface area (Å²) in [5.74, 6) is 0.840. The summed E-state index contributed by atoms with van der Waals surface area (Å²) >= 11 is 0. The van der Waals surface area contributed by atoms with Gasteiger partial charge in [-0.25, -0.2) is 9.37 Å². The van der Waals surface area contributed by atoms with Crippen LogP contribution >= 0.6 is 24.0 Å². The number of amides is 1. The molecule has 0 fully saturated rings. The van der Waals surface area contributed by atoms with Gasteiger partial charge in [0.05, 0.1) is 0 Å². The number of aliphatic imine (C=N–C) groups is 1. The van der Waals surface area contributed by atoms with Gasteiger partial charge in [0.25, 0.3) is 0 Å². The molecule has 8 heteroatoms. The molecule has 3 N–H and O–H groups in total. The van der Waals surface area contributed by atoms with Crippen molar-refractivity contribution in [2.75, 3.05) is 25.5 Å². The van der Waals surface area contributed by atoms with E-state index in [-0.39, 0.29) is 35.7 Å². The first kappa shape index (κ1) is 23.8. The summed E-state index contributed by atoms with van der Waals surface area (Å²) in [5.41, 5.74) is 2.87. The van der Waals surface area contributed by atoms with E-state index in [9.17, 15) is 9.18 Å². The predicted octanol–water partition coefficient (Wildman–Crippen LogP) is 3.19. The first-order valence-corrected chi connectivity index (χ1v) is 8.91. The highest BCUT2D eigenvalue weighted by Gasteiger charge is 2.05. The molecular formula is C20H27FIN5O. The van der Waals surface area contributed by atoms with Gasteiger partial charge in [0.15, 0.2) is 5.96 Å². The molecule has 152 valence electrons. The standard InChI is InChI=1S/C20H26FN5O.HI/c1-14-13-17(21)8-7-16(14)9-11-23-20(22-3)24-12-10-19(27)26-18-6-4-5-15(2)25-18;/h4-8,13H,9-12H2,1-3H3,(H2,22,23,24)(H,25,26,27);1H. The van der Waals surface area contributed by atoms with Crippen LogP contribution in [0.25, 0.3) is 0 Å². The third-order valence-electron chi connectivity index (χ3n) is 4.02. The number of anilines is 1. The number of aryl methyl sites for hydroxylation is 2. The molecule has 0 aliphatic rings. The van der Waals surface area contributed by atoms with Crippen molar-refractivity contribution in [2.24, 2.45) is 4.99 Å². The minimum absolute atomic E-state index is 0. The molecule has 2 aromatic rings. The van der Waals surface area contributed by atoms with Crippen LogP contribution in [0.5, 0.6) is 0 Å². The van der Waals surface area contributed by atoms with Gasteiger partial charge in [-0.15, -0.1) is 24.0 Å². The van der Waals surface area contributed by atoms with Crippen LogP contribution in [0, 0.1) is 19.7 Å². The summed E-state index contributed by atoms with van der Waals surface area (Å²) in [7, 11) is 1.68. The van der Waals surface area contributed by atoms with Crippen molar-refractivity contribution < 1.29 is 9.18 Å². The van der Waals surface area contributed by atoms with Crippen LogP contribution in [-0.4, -0.2) is 37.0 Å². The molecule has 0 radical (unpaired) electrons. The Balaban J connectivity index is 0.00000392. The van der Waals surface area contributed by atoms with Gasteiger partial charge in [-0.3, -0.25) is 9.79 Å². The Hall–Kier alpha value is -2.23. The lowest BCUT2D eigenvalue weighted by Crippen LogP contribution is -2.39. The van der Waals surface area contributed by atoms with E-state index in [0.717, 1.165) is 23.2 Å². The zero-order valence-corrected chi connectivity index (χ0v) is 18.7. The fourth-order valence-electron chi connectivity index (χ4n) is 2.59. The third kappa shape index (κ3) is 8.20. The summed E-state index contributed by atoms with van der Waals surface area (Å²) in [6, 6.07) is 10.3. The van der Waals surface area contributed by atoms with Crippen LogP contribution in [0.4, 0.5) is 10.2 Å². The van der Waals surface area contributed by atoms with E-state index >= 15 is 0 Å². The molecule has 0 aliphatic heterocycles. The first-order chi connectivity index (χ1) is 13.0. The van der Waals surface area contributed by atoms with E-state index in [0.29, 0.717) is 31.3 Å². The summed E-state index contributed by atoms with van der Waals surface area (Å²) < 4.78 is 13.1. The van der Waals surface area contributed by atoms with Crippen molar-refractivity contribution >= 4 is 41.7 Å². The zero-order valence-electron chi connectivity index (χ0n) is 16.4. The molecule has 2 rings (SSSR count). The van der Waals surface area contributed by atoms with E-state index < -0.39 is 0 Å². The minimum atomic E-state index is -0.221. The number of carbonyl (C=O) groups is 1. The number of pyridine rings is 1. The second-order valence-corrected chi connectivity index (χ2v) is 6.21. The smallest absolute Gasteiger partial charge is 0.227 e. The molecule has 0 aliphatic carbocycles. The molecule has 0 saturated heterocycles. The van der Waals surface area contributed by atoms with Gasteiger partial charge in [0.2, 0.25) is 5.91 Å². The highest BCUT2D eigenvalue weighted by Crippen LogP contribution is 2.10. The van der Waals surface area contributed by atoms with Crippen molar-refractivity contribution in [3.05, 3.63) is 59.0 Å². The zero-order chi connectivity index (χ0) is 19.6. The number of guanidine groups is 1. The highest BCUT2D eigenvalue weighted by atomic mass is 127.